The first-order valence-electron chi connectivity index (χ1n) is 9.87. The predicted octanol–water partition coefficient (Wildman–Crippen LogP) is 5.88. The molecule has 0 spiro atoms. The van der Waals surface area contributed by atoms with E-state index in [-0.39, 0.29) is 5.41 Å². The Hall–Kier alpha value is -2.80. The summed E-state index contributed by atoms with van der Waals surface area (Å²) in [7, 11) is 0. The van der Waals surface area contributed by atoms with Crippen LogP contribution in [-0.4, -0.2) is 6.61 Å². The fourth-order valence-corrected chi connectivity index (χ4v) is 4.85. The summed E-state index contributed by atoms with van der Waals surface area (Å²) in [6.45, 7) is 0.815. The minimum absolute atomic E-state index is 0.0902. The molecule has 0 aromatic heterocycles. The van der Waals surface area contributed by atoms with Gasteiger partial charge >= 0.3 is 0 Å². The second kappa shape index (κ2) is 6.74. The summed E-state index contributed by atoms with van der Waals surface area (Å²) in [6.07, 6.45) is 4.43. The van der Waals surface area contributed by atoms with E-state index in [1.165, 1.54) is 16.7 Å². The third kappa shape index (κ3) is 2.88. The molecule has 0 N–H and O–H groups in total. The lowest BCUT2D eigenvalue weighted by Crippen LogP contribution is -2.17. The topological polar surface area (TPSA) is 9.23 Å². The van der Waals surface area contributed by atoms with Crippen LogP contribution in [0.2, 0.25) is 0 Å². The van der Waals surface area contributed by atoms with Crippen molar-refractivity contribution in [3.05, 3.63) is 120 Å². The van der Waals surface area contributed by atoms with Crippen molar-refractivity contribution in [1.82, 2.24) is 0 Å². The van der Waals surface area contributed by atoms with Gasteiger partial charge in [-0.3, -0.25) is 0 Å². The van der Waals surface area contributed by atoms with Crippen molar-refractivity contribution in [1.29, 1.82) is 0 Å². The smallest absolute Gasteiger partial charge is 0.0932 e. The summed E-state index contributed by atoms with van der Waals surface area (Å²) in [5.74, 6) is 2.19. The molecule has 1 heterocycles. The molecule has 0 unspecified atom stereocenters. The highest BCUT2D eigenvalue weighted by atomic mass is 16.5. The van der Waals surface area contributed by atoms with E-state index >= 15 is 0 Å². The minimum Gasteiger partial charge on any atom is -0.498 e. The lowest BCUT2D eigenvalue weighted by molar-refractivity contribution is 0.168. The number of hydrogen-bond acceptors (Lipinski definition) is 1. The zero-order valence-corrected chi connectivity index (χ0v) is 15.4. The van der Waals surface area contributed by atoms with Crippen LogP contribution in [-0.2, 0) is 16.6 Å². The average Bonchev–Trinajstić information content (AvgIpc) is 3.44. The van der Waals surface area contributed by atoms with Crippen LogP contribution in [0.15, 0.2) is 103 Å². The van der Waals surface area contributed by atoms with Gasteiger partial charge in [0.2, 0.25) is 0 Å². The van der Waals surface area contributed by atoms with E-state index in [1.807, 2.05) is 0 Å². The normalized spacial score (nSPS) is 25.9. The van der Waals surface area contributed by atoms with Gasteiger partial charge in [-0.15, -0.1) is 0 Å². The molecule has 1 fully saturated rings. The summed E-state index contributed by atoms with van der Waals surface area (Å²) >= 11 is 0. The van der Waals surface area contributed by atoms with Gasteiger partial charge in [-0.05, 0) is 29.2 Å². The van der Waals surface area contributed by atoms with Crippen molar-refractivity contribution in [3.8, 4) is 0 Å². The summed E-state index contributed by atoms with van der Waals surface area (Å²) in [4.78, 5) is 0. The quantitative estimate of drug-likeness (QED) is 0.557. The third-order valence-corrected chi connectivity index (χ3v) is 6.20. The average molecular weight is 352 g/mol. The Bertz CT molecular complexity index is 930. The Morgan fingerprint density at radius 2 is 1.37 bits per heavy atom. The fraction of sp³-hybridized carbons (Fsp3) is 0.231. The second-order valence-corrected chi connectivity index (χ2v) is 7.70. The van der Waals surface area contributed by atoms with E-state index in [9.17, 15) is 0 Å². The molecule has 0 radical (unpaired) electrons. The van der Waals surface area contributed by atoms with E-state index in [2.05, 4.69) is 97.1 Å². The number of rotatable bonds is 5. The van der Waals surface area contributed by atoms with Crippen molar-refractivity contribution in [2.45, 2.75) is 24.2 Å². The van der Waals surface area contributed by atoms with E-state index in [0.29, 0.717) is 11.8 Å². The number of ether oxygens (including phenoxy) is 1. The molecule has 1 nitrogen and oxygen atoms in total. The van der Waals surface area contributed by atoms with Crippen molar-refractivity contribution >= 4 is 0 Å². The maximum absolute atomic E-state index is 6.21. The Morgan fingerprint density at radius 1 is 0.741 bits per heavy atom. The highest BCUT2D eigenvalue weighted by Gasteiger charge is 2.66. The maximum Gasteiger partial charge on any atom is 0.0932 e. The van der Waals surface area contributed by atoms with Crippen molar-refractivity contribution in [2.75, 3.05) is 6.61 Å². The molecule has 1 saturated carbocycles. The molecule has 2 aliphatic rings. The highest BCUT2D eigenvalue weighted by Crippen LogP contribution is 2.68. The molecule has 3 aromatic carbocycles. The second-order valence-electron chi connectivity index (χ2n) is 7.70. The Kier molecular flexibility index (Phi) is 4.09. The van der Waals surface area contributed by atoms with Gasteiger partial charge in [0, 0.05) is 23.7 Å². The zero-order valence-electron chi connectivity index (χ0n) is 15.4. The highest BCUT2D eigenvalue weighted by molar-refractivity contribution is 5.52. The number of benzene rings is 3. The first-order chi connectivity index (χ1) is 13.4. The molecule has 1 heteroatoms. The standard InChI is InChI=1S/C26H24O/c1-4-10-20(11-5-1)16-17-23-18-26(22-14-8-3-9-15-22)24(19-27-23)25(26)21-12-6-2-7-13-21/h1-15,18,24-25H,16-17,19H2/t24-,25-,26+/m1/s1. The lowest BCUT2D eigenvalue weighted by atomic mass is 9.88. The first-order valence-corrected chi connectivity index (χ1v) is 9.87. The fourth-order valence-electron chi connectivity index (χ4n) is 4.85. The number of hydrogen-bond donors (Lipinski definition) is 0. The summed E-state index contributed by atoms with van der Waals surface area (Å²) in [5.41, 5.74) is 4.31. The van der Waals surface area contributed by atoms with Crippen LogP contribution >= 0.6 is 0 Å². The van der Waals surface area contributed by atoms with Crippen LogP contribution in [0.1, 0.15) is 29.0 Å². The lowest BCUT2D eigenvalue weighted by Gasteiger charge is -2.23. The molecular weight excluding hydrogens is 328 g/mol. The van der Waals surface area contributed by atoms with Gasteiger partial charge in [0.05, 0.1) is 12.4 Å². The van der Waals surface area contributed by atoms with E-state index in [4.69, 9.17) is 4.74 Å². The Balaban J connectivity index is 1.47. The molecular formula is C26H24O. The van der Waals surface area contributed by atoms with Crippen LogP contribution in [0.25, 0.3) is 0 Å². The zero-order chi connectivity index (χ0) is 18.1. The number of aryl methyl sites for hydroxylation is 1. The summed E-state index contributed by atoms with van der Waals surface area (Å²) in [6, 6.07) is 32.6. The van der Waals surface area contributed by atoms with E-state index in [0.717, 1.165) is 25.2 Å². The molecule has 5 rings (SSSR count). The molecule has 27 heavy (non-hydrogen) atoms. The van der Waals surface area contributed by atoms with Gasteiger partial charge < -0.3 is 4.74 Å². The first kappa shape index (κ1) is 16.4. The van der Waals surface area contributed by atoms with Gasteiger partial charge in [0.25, 0.3) is 0 Å². The van der Waals surface area contributed by atoms with Crippen molar-refractivity contribution in [2.24, 2.45) is 5.92 Å². The van der Waals surface area contributed by atoms with E-state index < -0.39 is 0 Å². The van der Waals surface area contributed by atoms with Crippen LogP contribution in [0, 0.1) is 5.92 Å². The van der Waals surface area contributed by atoms with Crippen LogP contribution in [0.4, 0.5) is 0 Å². The molecule has 3 aromatic rings. The van der Waals surface area contributed by atoms with Crippen LogP contribution in [0.5, 0.6) is 0 Å². The maximum atomic E-state index is 6.21. The molecule has 1 aliphatic heterocycles. The Labute approximate surface area is 161 Å². The van der Waals surface area contributed by atoms with Gasteiger partial charge in [0.1, 0.15) is 0 Å². The summed E-state index contributed by atoms with van der Waals surface area (Å²) < 4.78 is 6.21. The van der Waals surface area contributed by atoms with Crippen LogP contribution < -0.4 is 0 Å². The molecule has 0 bridgehead atoms. The molecule has 0 saturated heterocycles. The van der Waals surface area contributed by atoms with Gasteiger partial charge in [-0.2, -0.15) is 0 Å². The van der Waals surface area contributed by atoms with E-state index in [1.54, 1.807) is 0 Å². The van der Waals surface area contributed by atoms with Gasteiger partial charge in [-0.25, -0.2) is 0 Å². The van der Waals surface area contributed by atoms with Crippen molar-refractivity contribution < 1.29 is 4.74 Å². The summed E-state index contributed by atoms with van der Waals surface area (Å²) in [5, 5.41) is 0. The number of fused-ring (bicyclic) bond motifs is 1. The number of allylic oxidation sites excluding steroid dienone is 2. The van der Waals surface area contributed by atoms with Crippen molar-refractivity contribution in [3.63, 3.8) is 0 Å². The molecule has 3 atom stereocenters. The SMILES string of the molecule is C1=C(CCc2ccccc2)OC[C@@H]2[C@@H](c3ccccc3)[C@]12c1ccccc1. The van der Waals surface area contributed by atoms with Crippen LogP contribution in [0.3, 0.4) is 0 Å². The minimum atomic E-state index is 0.0902. The molecule has 1 aliphatic carbocycles. The Morgan fingerprint density at radius 3 is 2.07 bits per heavy atom. The monoisotopic (exact) mass is 352 g/mol. The predicted molar refractivity (Wildman–Crippen MR) is 110 cm³/mol. The largest absolute Gasteiger partial charge is 0.498 e. The van der Waals surface area contributed by atoms with Gasteiger partial charge in [0.15, 0.2) is 0 Å². The third-order valence-electron chi connectivity index (χ3n) is 6.20. The van der Waals surface area contributed by atoms with Gasteiger partial charge in [-0.1, -0.05) is 91.0 Å². The molecule has 134 valence electrons. The molecule has 0 amide bonds.